The lowest BCUT2D eigenvalue weighted by molar-refractivity contribution is -0.144. The largest absolute Gasteiger partial charge is 0.466 e. The summed E-state index contributed by atoms with van der Waals surface area (Å²) in [7, 11) is 4.45. The summed E-state index contributed by atoms with van der Waals surface area (Å²) in [6.07, 6.45) is 4.90. The molecule has 0 radical (unpaired) electrons. The molecular formula is C19H21NO8. The standard InChI is InChI=1S/C19H21NO8/c1-10-7-8-19(2)13(17(23)27-5)11(15(21)25-3)12(16(22)26-4)14(18(24)28-6)20(19)9-10/h7-9H,1-6H3. The Balaban J connectivity index is 3.07. The summed E-state index contributed by atoms with van der Waals surface area (Å²) in [6.45, 7) is 3.36. The van der Waals surface area contributed by atoms with E-state index in [4.69, 9.17) is 18.9 Å². The van der Waals surface area contributed by atoms with Crippen molar-refractivity contribution in [2.24, 2.45) is 0 Å². The molecule has 0 amide bonds. The highest BCUT2D eigenvalue weighted by atomic mass is 16.5. The Kier molecular flexibility index (Phi) is 5.77. The molecule has 2 aliphatic rings. The average molecular weight is 391 g/mol. The summed E-state index contributed by atoms with van der Waals surface area (Å²) in [5.41, 5.74) is -1.88. The second-order valence-corrected chi connectivity index (χ2v) is 6.16. The molecule has 2 rings (SSSR count). The SMILES string of the molecule is COC(=O)C1=C(C(=O)OC)N2C=C(C)C=CC2(C)C(C(=O)OC)=C1C(=O)OC. The normalized spacial score (nSPS) is 20.9. The van der Waals surface area contributed by atoms with Crippen molar-refractivity contribution in [1.29, 1.82) is 0 Å². The monoisotopic (exact) mass is 391 g/mol. The maximum atomic E-state index is 12.7. The van der Waals surface area contributed by atoms with E-state index in [1.54, 1.807) is 32.2 Å². The van der Waals surface area contributed by atoms with E-state index in [0.717, 1.165) is 34.0 Å². The first-order valence-electron chi connectivity index (χ1n) is 8.17. The van der Waals surface area contributed by atoms with Gasteiger partial charge in [-0.15, -0.1) is 0 Å². The molecule has 0 fully saturated rings. The molecule has 0 spiro atoms. The molecule has 0 aliphatic carbocycles. The number of hydrogen-bond acceptors (Lipinski definition) is 9. The van der Waals surface area contributed by atoms with Gasteiger partial charge >= 0.3 is 23.9 Å². The van der Waals surface area contributed by atoms with E-state index < -0.39 is 40.6 Å². The second-order valence-electron chi connectivity index (χ2n) is 6.16. The van der Waals surface area contributed by atoms with Crippen LogP contribution in [0.15, 0.2) is 46.3 Å². The number of allylic oxidation sites excluding steroid dienone is 2. The fraction of sp³-hybridized carbons (Fsp3) is 0.368. The first-order valence-corrected chi connectivity index (χ1v) is 8.17. The zero-order valence-electron chi connectivity index (χ0n) is 16.4. The third-order valence-electron chi connectivity index (χ3n) is 4.54. The molecule has 0 saturated heterocycles. The summed E-state index contributed by atoms with van der Waals surface area (Å²) < 4.78 is 19.3. The Labute approximate surface area is 161 Å². The molecule has 0 aromatic heterocycles. The van der Waals surface area contributed by atoms with Crippen molar-refractivity contribution < 1.29 is 38.1 Å². The Morgan fingerprint density at radius 2 is 1.32 bits per heavy atom. The van der Waals surface area contributed by atoms with Crippen LogP contribution in [0.2, 0.25) is 0 Å². The molecule has 1 unspecified atom stereocenters. The van der Waals surface area contributed by atoms with E-state index >= 15 is 0 Å². The summed E-state index contributed by atoms with van der Waals surface area (Å²) >= 11 is 0. The van der Waals surface area contributed by atoms with Crippen LogP contribution in [0.3, 0.4) is 0 Å². The highest BCUT2D eigenvalue weighted by Gasteiger charge is 2.52. The van der Waals surface area contributed by atoms with Gasteiger partial charge in [0.25, 0.3) is 0 Å². The van der Waals surface area contributed by atoms with E-state index in [2.05, 4.69) is 0 Å². The predicted octanol–water partition coefficient (Wildman–Crippen LogP) is 0.777. The number of esters is 4. The maximum Gasteiger partial charge on any atom is 0.355 e. The highest BCUT2D eigenvalue weighted by Crippen LogP contribution is 2.44. The lowest BCUT2D eigenvalue weighted by Gasteiger charge is -2.45. The molecule has 9 nitrogen and oxygen atoms in total. The number of carbonyl (C=O) groups is 4. The van der Waals surface area contributed by atoms with Crippen molar-refractivity contribution in [2.45, 2.75) is 19.4 Å². The van der Waals surface area contributed by atoms with Gasteiger partial charge in [-0.3, -0.25) is 0 Å². The Morgan fingerprint density at radius 3 is 1.82 bits per heavy atom. The van der Waals surface area contributed by atoms with Crippen molar-refractivity contribution in [1.82, 2.24) is 4.90 Å². The van der Waals surface area contributed by atoms with Gasteiger partial charge in [0.2, 0.25) is 0 Å². The molecule has 150 valence electrons. The summed E-state index contributed by atoms with van der Waals surface area (Å²) in [5.74, 6) is -3.76. The topological polar surface area (TPSA) is 108 Å². The van der Waals surface area contributed by atoms with Crippen LogP contribution in [0.1, 0.15) is 13.8 Å². The van der Waals surface area contributed by atoms with Gasteiger partial charge in [-0.05, 0) is 19.4 Å². The van der Waals surface area contributed by atoms with Crippen molar-refractivity contribution in [3.05, 3.63) is 46.3 Å². The Bertz CT molecular complexity index is 876. The minimum atomic E-state index is -1.32. The van der Waals surface area contributed by atoms with Crippen LogP contribution < -0.4 is 0 Å². The first kappa shape index (κ1) is 20.9. The number of nitrogens with zero attached hydrogens (tertiary/aromatic N) is 1. The van der Waals surface area contributed by atoms with Crippen molar-refractivity contribution in [3.8, 4) is 0 Å². The van der Waals surface area contributed by atoms with Crippen LogP contribution in [-0.2, 0) is 38.1 Å². The minimum absolute atomic E-state index is 0.171. The van der Waals surface area contributed by atoms with Crippen LogP contribution in [0.25, 0.3) is 0 Å². The van der Waals surface area contributed by atoms with Gasteiger partial charge in [0.1, 0.15) is 11.3 Å². The van der Waals surface area contributed by atoms with Gasteiger partial charge in [0.15, 0.2) is 0 Å². The number of rotatable bonds is 4. The maximum absolute atomic E-state index is 12.7. The van der Waals surface area contributed by atoms with Gasteiger partial charge in [-0.2, -0.15) is 0 Å². The van der Waals surface area contributed by atoms with E-state index in [-0.39, 0.29) is 11.3 Å². The van der Waals surface area contributed by atoms with E-state index in [9.17, 15) is 19.2 Å². The lowest BCUT2D eigenvalue weighted by atomic mass is 9.77. The van der Waals surface area contributed by atoms with Gasteiger partial charge in [-0.25, -0.2) is 19.2 Å². The zero-order chi connectivity index (χ0) is 21.2. The highest BCUT2D eigenvalue weighted by molar-refractivity contribution is 6.17. The average Bonchev–Trinajstić information content (AvgIpc) is 2.70. The lowest BCUT2D eigenvalue weighted by Crippen LogP contribution is -2.53. The molecule has 2 heterocycles. The first-order chi connectivity index (χ1) is 13.2. The number of hydrogen-bond donors (Lipinski definition) is 0. The van der Waals surface area contributed by atoms with Gasteiger partial charge < -0.3 is 23.8 Å². The third kappa shape index (κ3) is 3.08. The zero-order valence-corrected chi connectivity index (χ0v) is 16.4. The molecule has 28 heavy (non-hydrogen) atoms. The summed E-state index contributed by atoms with van der Waals surface area (Å²) in [4.78, 5) is 51.9. The van der Waals surface area contributed by atoms with Crippen molar-refractivity contribution in [2.75, 3.05) is 28.4 Å². The number of fused-ring (bicyclic) bond motifs is 1. The third-order valence-corrected chi connectivity index (χ3v) is 4.54. The predicted molar refractivity (Wildman–Crippen MR) is 95.3 cm³/mol. The molecule has 0 bridgehead atoms. The Morgan fingerprint density at radius 1 is 0.821 bits per heavy atom. The van der Waals surface area contributed by atoms with Crippen LogP contribution in [-0.4, -0.2) is 62.8 Å². The van der Waals surface area contributed by atoms with Crippen LogP contribution in [0.5, 0.6) is 0 Å². The fourth-order valence-electron chi connectivity index (χ4n) is 3.19. The van der Waals surface area contributed by atoms with Crippen LogP contribution >= 0.6 is 0 Å². The van der Waals surface area contributed by atoms with E-state index in [1.807, 2.05) is 0 Å². The molecule has 2 aliphatic heterocycles. The van der Waals surface area contributed by atoms with Crippen molar-refractivity contribution >= 4 is 23.9 Å². The van der Waals surface area contributed by atoms with Gasteiger partial charge in [0.05, 0.1) is 45.1 Å². The van der Waals surface area contributed by atoms with E-state index in [1.165, 1.54) is 4.90 Å². The Hall–Kier alpha value is -3.36. The molecule has 0 aromatic carbocycles. The van der Waals surface area contributed by atoms with Crippen LogP contribution in [0.4, 0.5) is 0 Å². The molecule has 0 aromatic rings. The summed E-state index contributed by atoms with van der Waals surface area (Å²) in [6, 6.07) is 0. The minimum Gasteiger partial charge on any atom is -0.466 e. The molecule has 9 heteroatoms. The summed E-state index contributed by atoms with van der Waals surface area (Å²) in [5, 5.41) is 0. The fourth-order valence-corrected chi connectivity index (χ4v) is 3.19. The van der Waals surface area contributed by atoms with Gasteiger partial charge in [-0.1, -0.05) is 12.2 Å². The number of carbonyl (C=O) groups excluding carboxylic acids is 4. The number of methoxy groups -OCH3 is 4. The molecule has 0 N–H and O–H groups in total. The second kappa shape index (κ2) is 7.71. The smallest absolute Gasteiger partial charge is 0.355 e. The van der Waals surface area contributed by atoms with E-state index in [0.29, 0.717) is 0 Å². The van der Waals surface area contributed by atoms with Crippen LogP contribution in [0, 0.1) is 0 Å². The molecule has 1 atom stereocenters. The van der Waals surface area contributed by atoms with Crippen molar-refractivity contribution in [3.63, 3.8) is 0 Å². The van der Waals surface area contributed by atoms with Gasteiger partial charge in [0, 0.05) is 6.20 Å². The molecular weight excluding hydrogens is 370 g/mol. The quantitative estimate of drug-likeness (QED) is 0.507. The number of ether oxygens (including phenoxy) is 4. The molecule has 0 saturated carbocycles.